The van der Waals surface area contributed by atoms with Gasteiger partial charge in [-0.1, -0.05) is 12.8 Å². The molecular formula is C13H17F3N2O. The normalized spacial score (nSPS) is 32.1. The third-order valence-electron chi connectivity index (χ3n) is 4.19. The van der Waals surface area contributed by atoms with Crippen LogP contribution in [0.2, 0.25) is 0 Å². The van der Waals surface area contributed by atoms with Crippen LogP contribution in [0.15, 0.2) is 0 Å². The highest BCUT2D eigenvalue weighted by Gasteiger charge is 2.49. The highest BCUT2D eigenvalue weighted by molar-refractivity contribution is 5.80. The molecule has 1 aliphatic carbocycles. The molecule has 1 saturated heterocycles. The van der Waals surface area contributed by atoms with Crippen molar-refractivity contribution in [3.63, 3.8) is 0 Å². The van der Waals surface area contributed by atoms with Crippen molar-refractivity contribution in [1.29, 1.82) is 5.26 Å². The molecule has 0 bridgehead atoms. The summed E-state index contributed by atoms with van der Waals surface area (Å²) < 4.78 is 38.9. The Hall–Kier alpha value is -1.25. The number of carbonyl (C=O) groups is 1. The van der Waals surface area contributed by atoms with Crippen LogP contribution in [0, 0.1) is 23.2 Å². The van der Waals surface area contributed by atoms with E-state index in [-0.39, 0.29) is 12.8 Å². The lowest BCUT2D eigenvalue weighted by Crippen LogP contribution is -2.46. The summed E-state index contributed by atoms with van der Waals surface area (Å²) in [7, 11) is 0. The predicted octanol–water partition coefficient (Wildman–Crippen LogP) is 2.87. The number of nitrogens with zero attached hydrogens (tertiary/aromatic N) is 2. The van der Waals surface area contributed by atoms with Gasteiger partial charge in [0.15, 0.2) is 0 Å². The van der Waals surface area contributed by atoms with Gasteiger partial charge in [-0.25, -0.2) is 0 Å². The molecule has 0 radical (unpaired) electrons. The van der Waals surface area contributed by atoms with E-state index in [0.29, 0.717) is 32.2 Å². The van der Waals surface area contributed by atoms with Gasteiger partial charge >= 0.3 is 6.18 Å². The minimum Gasteiger partial charge on any atom is -0.326 e. The molecule has 106 valence electrons. The first kappa shape index (κ1) is 14.2. The Morgan fingerprint density at radius 1 is 1.16 bits per heavy atom. The Labute approximate surface area is 110 Å². The zero-order chi connectivity index (χ0) is 14.0. The van der Waals surface area contributed by atoms with Crippen LogP contribution in [-0.4, -0.2) is 29.6 Å². The number of likely N-dealkylation sites (tertiary alicyclic amines) is 1. The van der Waals surface area contributed by atoms with Crippen LogP contribution >= 0.6 is 0 Å². The Balaban J connectivity index is 2.14. The summed E-state index contributed by atoms with van der Waals surface area (Å²) in [4.78, 5) is 13.7. The van der Waals surface area contributed by atoms with Gasteiger partial charge in [0.1, 0.15) is 6.04 Å². The van der Waals surface area contributed by atoms with E-state index in [2.05, 4.69) is 0 Å². The minimum absolute atomic E-state index is 0.0327. The molecule has 0 aromatic heterocycles. The predicted molar refractivity (Wildman–Crippen MR) is 61.9 cm³/mol. The van der Waals surface area contributed by atoms with Crippen LogP contribution in [0.4, 0.5) is 13.2 Å². The van der Waals surface area contributed by atoms with E-state index in [0.717, 1.165) is 0 Å². The van der Waals surface area contributed by atoms with E-state index < -0.39 is 30.0 Å². The topological polar surface area (TPSA) is 44.1 Å². The fourth-order valence-electron chi connectivity index (χ4n) is 3.20. The highest BCUT2D eigenvalue weighted by atomic mass is 19.4. The summed E-state index contributed by atoms with van der Waals surface area (Å²) in [5.74, 6) is -2.98. The number of rotatable bonds is 1. The lowest BCUT2D eigenvalue weighted by Gasteiger charge is -2.35. The molecule has 1 aliphatic heterocycles. The molecule has 0 N–H and O–H groups in total. The summed E-state index contributed by atoms with van der Waals surface area (Å²) in [5, 5.41) is 8.94. The molecule has 3 nitrogen and oxygen atoms in total. The number of carbonyl (C=O) groups excluding carboxylic acids is 1. The summed E-state index contributed by atoms with van der Waals surface area (Å²) in [6.07, 6.45) is -1.53. The molecule has 3 unspecified atom stereocenters. The Morgan fingerprint density at radius 3 is 2.47 bits per heavy atom. The molecule has 0 aromatic rings. The van der Waals surface area contributed by atoms with Crippen LogP contribution < -0.4 is 0 Å². The van der Waals surface area contributed by atoms with Crippen molar-refractivity contribution in [2.75, 3.05) is 6.54 Å². The number of amides is 1. The van der Waals surface area contributed by atoms with Crippen LogP contribution in [0.5, 0.6) is 0 Å². The van der Waals surface area contributed by atoms with Crippen LogP contribution in [-0.2, 0) is 4.79 Å². The second-order valence-corrected chi connectivity index (χ2v) is 5.36. The molecule has 0 spiro atoms. The zero-order valence-electron chi connectivity index (χ0n) is 10.6. The highest BCUT2D eigenvalue weighted by Crippen LogP contribution is 2.42. The van der Waals surface area contributed by atoms with Gasteiger partial charge in [-0.3, -0.25) is 4.79 Å². The minimum atomic E-state index is -4.32. The van der Waals surface area contributed by atoms with E-state index in [1.54, 1.807) is 0 Å². The number of hydrogen-bond acceptors (Lipinski definition) is 2. The van der Waals surface area contributed by atoms with Gasteiger partial charge < -0.3 is 4.90 Å². The molecule has 1 heterocycles. The molecule has 2 aliphatic rings. The maximum atomic E-state index is 13.0. The van der Waals surface area contributed by atoms with Crippen LogP contribution in [0.1, 0.15) is 38.5 Å². The van der Waals surface area contributed by atoms with Crippen LogP contribution in [0.3, 0.4) is 0 Å². The van der Waals surface area contributed by atoms with Crippen molar-refractivity contribution in [2.45, 2.75) is 50.7 Å². The summed E-state index contributed by atoms with van der Waals surface area (Å²) in [6, 6.07) is 1.47. The second-order valence-electron chi connectivity index (χ2n) is 5.36. The van der Waals surface area contributed by atoms with Crippen LogP contribution in [0.25, 0.3) is 0 Å². The van der Waals surface area contributed by atoms with Crippen molar-refractivity contribution in [3.05, 3.63) is 0 Å². The molecule has 3 atom stereocenters. The lowest BCUT2D eigenvalue weighted by molar-refractivity contribution is -0.200. The summed E-state index contributed by atoms with van der Waals surface area (Å²) >= 11 is 0. The molecule has 1 amide bonds. The first-order valence-electron chi connectivity index (χ1n) is 6.72. The van der Waals surface area contributed by atoms with Crippen molar-refractivity contribution < 1.29 is 18.0 Å². The SMILES string of the molecule is N#CC1CCCN1C(=O)C1CCCCC1C(F)(F)F. The Bertz CT molecular complexity index is 388. The van der Waals surface area contributed by atoms with Gasteiger partial charge in [0.05, 0.1) is 12.0 Å². The zero-order valence-corrected chi connectivity index (χ0v) is 10.6. The van der Waals surface area contributed by atoms with Gasteiger partial charge in [-0.15, -0.1) is 0 Å². The standard InChI is InChI=1S/C13H17F3N2O/c14-13(15,16)11-6-2-1-5-10(11)12(19)18-7-3-4-9(18)8-17/h9-11H,1-7H2. The van der Waals surface area contributed by atoms with Gasteiger partial charge in [-0.05, 0) is 25.7 Å². The van der Waals surface area contributed by atoms with Crippen molar-refractivity contribution >= 4 is 5.91 Å². The summed E-state index contributed by atoms with van der Waals surface area (Å²) in [5.41, 5.74) is 0. The third kappa shape index (κ3) is 2.85. The average molecular weight is 274 g/mol. The second kappa shape index (κ2) is 5.40. The average Bonchev–Trinajstić information content (AvgIpc) is 2.85. The monoisotopic (exact) mass is 274 g/mol. The first-order valence-corrected chi connectivity index (χ1v) is 6.72. The number of halogens is 3. The number of nitriles is 1. The fourth-order valence-corrected chi connectivity index (χ4v) is 3.20. The number of alkyl halides is 3. The van der Waals surface area contributed by atoms with E-state index in [9.17, 15) is 18.0 Å². The first-order chi connectivity index (χ1) is 8.95. The molecular weight excluding hydrogens is 257 g/mol. The van der Waals surface area contributed by atoms with Crippen molar-refractivity contribution in [1.82, 2.24) is 4.90 Å². The maximum Gasteiger partial charge on any atom is 0.392 e. The summed E-state index contributed by atoms with van der Waals surface area (Å²) in [6.45, 7) is 0.415. The quantitative estimate of drug-likeness (QED) is 0.738. The van der Waals surface area contributed by atoms with E-state index in [1.165, 1.54) is 4.90 Å². The molecule has 0 aromatic carbocycles. The number of hydrogen-bond donors (Lipinski definition) is 0. The van der Waals surface area contributed by atoms with Crippen molar-refractivity contribution in [3.8, 4) is 6.07 Å². The molecule has 6 heteroatoms. The Kier molecular flexibility index (Phi) is 4.02. The molecule has 19 heavy (non-hydrogen) atoms. The van der Waals surface area contributed by atoms with E-state index in [4.69, 9.17) is 5.26 Å². The third-order valence-corrected chi connectivity index (χ3v) is 4.19. The Morgan fingerprint density at radius 2 is 1.84 bits per heavy atom. The molecule has 1 saturated carbocycles. The smallest absolute Gasteiger partial charge is 0.326 e. The van der Waals surface area contributed by atoms with Gasteiger partial charge in [0.2, 0.25) is 5.91 Å². The van der Waals surface area contributed by atoms with E-state index in [1.807, 2.05) is 6.07 Å². The maximum absolute atomic E-state index is 13.0. The van der Waals surface area contributed by atoms with Gasteiger partial charge in [0, 0.05) is 12.5 Å². The fraction of sp³-hybridized carbons (Fsp3) is 0.846. The van der Waals surface area contributed by atoms with Gasteiger partial charge in [-0.2, -0.15) is 18.4 Å². The van der Waals surface area contributed by atoms with Gasteiger partial charge in [0.25, 0.3) is 0 Å². The lowest BCUT2D eigenvalue weighted by atomic mass is 9.78. The molecule has 2 rings (SSSR count). The largest absolute Gasteiger partial charge is 0.392 e. The molecule has 2 fully saturated rings. The van der Waals surface area contributed by atoms with E-state index >= 15 is 0 Å². The van der Waals surface area contributed by atoms with Crippen molar-refractivity contribution in [2.24, 2.45) is 11.8 Å².